The highest BCUT2D eigenvalue weighted by atomic mass is 15.1. The topological polar surface area (TPSA) is 29.3 Å². The minimum Gasteiger partial charge on any atom is -0.330 e. The van der Waals surface area contributed by atoms with E-state index in [9.17, 15) is 0 Å². The van der Waals surface area contributed by atoms with Crippen LogP contribution in [0.1, 0.15) is 65.2 Å². The van der Waals surface area contributed by atoms with E-state index in [0.717, 1.165) is 18.4 Å². The molecule has 1 aliphatic heterocycles. The average Bonchev–Trinajstić information content (AvgIpc) is 2.65. The molecule has 0 aromatic heterocycles. The van der Waals surface area contributed by atoms with Crippen molar-refractivity contribution in [2.75, 3.05) is 26.2 Å². The summed E-state index contributed by atoms with van der Waals surface area (Å²) in [5, 5.41) is 0. The fraction of sp³-hybridized carbons (Fsp3) is 1.00. The van der Waals surface area contributed by atoms with Gasteiger partial charge >= 0.3 is 0 Å². The van der Waals surface area contributed by atoms with Gasteiger partial charge in [-0.15, -0.1) is 0 Å². The van der Waals surface area contributed by atoms with Gasteiger partial charge in [-0.25, -0.2) is 0 Å². The molecule has 2 heteroatoms. The largest absolute Gasteiger partial charge is 0.330 e. The van der Waals surface area contributed by atoms with Crippen molar-refractivity contribution in [1.29, 1.82) is 0 Å². The third-order valence-corrected chi connectivity index (χ3v) is 5.73. The van der Waals surface area contributed by atoms with E-state index in [0.29, 0.717) is 5.41 Å². The Bertz CT molecular complexity index is 246. The van der Waals surface area contributed by atoms with Gasteiger partial charge in [-0.2, -0.15) is 0 Å². The van der Waals surface area contributed by atoms with Gasteiger partial charge in [0.25, 0.3) is 0 Å². The number of likely N-dealkylation sites (tertiary alicyclic amines) is 1. The molecule has 0 bridgehead atoms. The molecule has 0 spiro atoms. The summed E-state index contributed by atoms with van der Waals surface area (Å²) < 4.78 is 0. The molecule has 0 aromatic rings. The third-order valence-electron chi connectivity index (χ3n) is 5.73. The molecule has 2 rings (SSSR count). The highest BCUT2D eigenvalue weighted by Crippen LogP contribution is 2.36. The number of nitrogens with zero attached hydrogens (tertiary/aromatic N) is 1. The van der Waals surface area contributed by atoms with E-state index >= 15 is 0 Å². The van der Waals surface area contributed by atoms with Gasteiger partial charge in [0.05, 0.1) is 0 Å². The van der Waals surface area contributed by atoms with Crippen LogP contribution in [0.4, 0.5) is 0 Å². The van der Waals surface area contributed by atoms with Gasteiger partial charge < -0.3 is 10.6 Å². The summed E-state index contributed by atoms with van der Waals surface area (Å²) in [5.74, 6) is 1.82. The average molecular weight is 266 g/mol. The Kier molecular flexibility index (Phi) is 5.70. The van der Waals surface area contributed by atoms with Gasteiger partial charge in [0.2, 0.25) is 0 Å². The van der Waals surface area contributed by atoms with E-state index in [1.54, 1.807) is 0 Å². The van der Waals surface area contributed by atoms with Crippen LogP contribution in [0.15, 0.2) is 0 Å². The summed E-state index contributed by atoms with van der Waals surface area (Å²) in [6.07, 6.45) is 11.2. The number of hydrogen-bond donors (Lipinski definition) is 1. The van der Waals surface area contributed by atoms with Crippen molar-refractivity contribution in [2.24, 2.45) is 23.0 Å². The fourth-order valence-corrected chi connectivity index (χ4v) is 4.16. The molecule has 1 saturated carbocycles. The van der Waals surface area contributed by atoms with E-state index in [-0.39, 0.29) is 0 Å². The Hall–Kier alpha value is -0.0800. The SMILES string of the molecule is CC(C)C1CCN(CC2(CN)CCCCCC2)CC1. The highest BCUT2D eigenvalue weighted by molar-refractivity contribution is 4.87. The normalized spacial score (nSPS) is 26.5. The molecule has 1 aliphatic carbocycles. The Morgan fingerprint density at radius 1 is 1.05 bits per heavy atom. The first-order chi connectivity index (χ1) is 9.15. The molecule has 2 N–H and O–H groups in total. The zero-order valence-corrected chi connectivity index (χ0v) is 13.2. The van der Waals surface area contributed by atoms with Crippen molar-refractivity contribution < 1.29 is 0 Å². The van der Waals surface area contributed by atoms with Crippen LogP contribution in [-0.4, -0.2) is 31.1 Å². The first-order valence-corrected chi connectivity index (χ1v) is 8.58. The third kappa shape index (κ3) is 4.19. The van der Waals surface area contributed by atoms with Crippen LogP contribution < -0.4 is 5.73 Å². The zero-order chi connectivity index (χ0) is 13.7. The number of hydrogen-bond acceptors (Lipinski definition) is 2. The predicted molar refractivity (Wildman–Crippen MR) is 83.2 cm³/mol. The molecule has 0 atom stereocenters. The minimum absolute atomic E-state index is 0.446. The molecule has 2 aliphatic rings. The van der Waals surface area contributed by atoms with Gasteiger partial charge in [-0.1, -0.05) is 39.5 Å². The van der Waals surface area contributed by atoms with E-state index in [1.165, 1.54) is 71.0 Å². The van der Waals surface area contributed by atoms with Crippen LogP contribution in [0.25, 0.3) is 0 Å². The maximum atomic E-state index is 6.17. The van der Waals surface area contributed by atoms with Crippen molar-refractivity contribution in [3.05, 3.63) is 0 Å². The molecule has 0 aromatic carbocycles. The summed E-state index contributed by atoms with van der Waals surface area (Å²) in [4.78, 5) is 2.72. The Morgan fingerprint density at radius 3 is 2.11 bits per heavy atom. The first-order valence-electron chi connectivity index (χ1n) is 8.58. The number of piperidine rings is 1. The first kappa shape index (κ1) is 15.3. The summed E-state index contributed by atoms with van der Waals surface area (Å²) in [7, 11) is 0. The minimum atomic E-state index is 0.446. The van der Waals surface area contributed by atoms with E-state index in [1.807, 2.05) is 0 Å². The van der Waals surface area contributed by atoms with Crippen molar-refractivity contribution in [2.45, 2.75) is 65.2 Å². The summed E-state index contributed by atoms with van der Waals surface area (Å²) >= 11 is 0. The lowest BCUT2D eigenvalue weighted by Gasteiger charge is -2.41. The summed E-state index contributed by atoms with van der Waals surface area (Å²) in [5.41, 5.74) is 6.62. The second-order valence-electron chi connectivity index (χ2n) is 7.48. The lowest BCUT2D eigenvalue weighted by molar-refractivity contribution is 0.0909. The van der Waals surface area contributed by atoms with E-state index in [2.05, 4.69) is 18.7 Å². The number of nitrogens with two attached hydrogens (primary N) is 1. The summed E-state index contributed by atoms with van der Waals surface area (Å²) in [6.45, 7) is 9.56. The van der Waals surface area contributed by atoms with Crippen LogP contribution in [-0.2, 0) is 0 Å². The van der Waals surface area contributed by atoms with Crippen LogP contribution in [0, 0.1) is 17.3 Å². The molecule has 2 fully saturated rings. The molecule has 19 heavy (non-hydrogen) atoms. The molecular formula is C17H34N2. The lowest BCUT2D eigenvalue weighted by Crippen LogP contribution is -2.45. The molecule has 2 nitrogen and oxygen atoms in total. The van der Waals surface area contributed by atoms with Crippen molar-refractivity contribution in [1.82, 2.24) is 4.90 Å². The van der Waals surface area contributed by atoms with E-state index in [4.69, 9.17) is 5.73 Å². The second-order valence-corrected chi connectivity index (χ2v) is 7.48. The zero-order valence-electron chi connectivity index (χ0n) is 13.2. The van der Waals surface area contributed by atoms with Crippen LogP contribution >= 0.6 is 0 Å². The monoisotopic (exact) mass is 266 g/mol. The molecule has 1 heterocycles. The Labute approximate surface area is 120 Å². The number of rotatable bonds is 4. The molecular weight excluding hydrogens is 232 g/mol. The molecule has 0 amide bonds. The van der Waals surface area contributed by atoms with Gasteiger partial charge in [-0.05, 0) is 62.6 Å². The lowest BCUT2D eigenvalue weighted by atomic mass is 9.78. The predicted octanol–water partition coefficient (Wildman–Crippen LogP) is 3.65. The van der Waals surface area contributed by atoms with E-state index < -0.39 is 0 Å². The molecule has 112 valence electrons. The molecule has 1 saturated heterocycles. The molecule has 0 radical (unpaired) electrons. The fourth-order valence-electron chi connectivity index (χ4n) is 4.16. The van der Waals surface area contributed by atoms with Crippen molar-refractivity contribution >= 4 is 0 Å². The van der Waals surface area contributed by atoms with Crippen LogP contribution in [0.5, 0.6) is 0 Å². The van der Waals surface area contributed by atoms with Gasteiger partial charge in [0.15, 0.2) is 0 Å². The maximum Gasteiger partial charge on any atom is 0.00501 e. The van der Waals surface area contributed by atoms with Gasteiger partial charge in [-0.3, -0.25) is 0 Å². The van der Waals surface area contributed by atoms with Gasteiger partial charge in [0.1, 0.15) is 0 Å². The summed E-state index contributed by atoms with van der Waals surface area (Å²) in [6, 6.07) is 0. The van der Waals surface area contributed by atoms with Gasteiger partial charge in [0, 0.05) is 6.54 Å². The second kappa shape index (κ2) is 7.08. The highest BCUT2D eigenvalue weighted by Gasteiger charge is 2.33. The van der Waals surface area contributed by atoms with Crippen LogP contribution in [0.3, 0.4) is 0 Å². The Balaban J connectivity index is 1.85. The van der Waals surface area contributed by atoms with Crippen LogP contribution in [0.2, 0.25) is 0 Å². The standard InChI is InChI=1S/C17H34N2/c1-15(2)16-7-11-19(12-8-16)14-17(13-18)9-5-3-4-6-10-17/h15-16H,3-14,18H2,1-2H3. The Morgan fingerprint density at radius 2 is 1.63 bits per heavy atom. The molecule has 0 unspecified atom stereocenters. The van der Waals surface area contributed by atoms with Crippen molar-refractivity contribution in [3.63, 3.8) is 0 Å². The van der Waals surface area contributed by atoms with Crippen molar-refractivity contribution in [3.8, 4) is 0 Å². The smallest absolute Gasteiger partial charge is 0.00501 e. The quantitative estimate of drug-likeness (QED) is 0.787. The maximum absolute atomic E-state index is 6.17.